The zero-order chi connectivity index (χ0) is 28.9. The topological polar surface area (TPSA) is 120 Å². The summed E-state index contributed by atoms with van der Waals surface area (Å²) < 4.78 is 16.8. The number of benzene rings is 4. The maximum atomic E-state index is 13.9. The summed E-state index contributed by atoms with van der Waals surface area (Å²) in [7, 11) is -4.86. The molecular formula is C31H26ClN2O6P. The molecule has 0 fully saturated rings. The molecule has 6 rings (SSSR count). The molecule has 2 heterocycles. The third-order valence-electron chi connectivity index (χ3n) is 7.43. The number of carbonyl (C=O) groups excluding carboxylic acids is 2. The number of aromatic nitrogens is 1. The van der Waals surface area contributed by atoms with Crippen LogP contribution in [-0.2, 0) is 11.0 Å². The number of phosphoric ester groups is 1. The number of anilines is 1. The van der Waals surface area contributed by atoms with Crippen molar-refractivity contribution in [2.24, 2.45) is 0 Å². The first-order chi connectivity index (χ1) is 19.6. The molecule has 8 nitrogen and oxygen atoms in total. The number of aromatic amines is 1. The number of H-pyrrole nitrogens is 1. The van der Waals surface area contributed by atoms with Crippen molar-refractivity contribution < 1.29 is 28.5 Å². The molecular weight excluding hydrogens is 563 g/mol. The number of hydrogen-bond donors (Lipinski definition) is 3. The van der Waals surface area contributed by atoms with Crippen LogP contribution >= 0.6 is 19.4 Å². The minimum atomic E-state index is -4.86. The van der Waals surface area contributed by atoms with Gasteiger partial charge in [-0.05, 0) is 41.6 Å². The summed E-state index contributed by atoms with van der Waals surface area (Å²) in [6, 6.07) is 23.5. The van der Waals surface area contributed by atoms with E-state index in [9.17, 15) is 23.9 Å². The number of ketones is 1. The van der Waals surface area contributed by atoms with Gasteiger partial charge in [-0.3, -0.25) is 19.4 Å². The number of carbonyl (C=O) groups is 2. The molecule has 208 valence electrons. The van der Waals surface area contributed by atoms with E-state index in [4.69, 9.17) is 16.1 Å². The summed E-state index contributed by atoms with van der Waals surface area (Å²) in [6.45, 7) is 2.27. The van der Waals surface area contributed by atoms with Gasteiger partial charge in [0.2, 0.25) is 0 Å². The van der Waals surface area contributed by atoms with Crippen LogP contribution < -0.4 is 9.42 Å². The number of phosphoric acid groups is 1. The summed E-state index contributed by atoms with van der Waals surface area (Å²) in [5, 5.41) is 2.03. The van der Waals surface area contributed by atoms with E-state index in [2.05, 4.69) is 4.98 Å². The van der Waals surface area contributed by atoms with Gasteiger partial charge in [-0.1, -0.05) is 60.2 Å². The van der Waals surface area contributed by atoms with E-state index in [0.29, 0.717) is 34.3 Å². The van der Waals surface area contributed by atoms with E-state index in [-0.39, 0.29) is 35.7 Å². The number of nitrogens with zero attached hydrogens (tertiary/aromatic N) is 1. The minimum absolute atomic E-state index is 0.0116. The predicted octanol–water partition coefficient (Wildman–Crippen LogP) is 6.51. The molecule has 0 unspecified atom stereocenters. The van der Waals surface area contributed by atoms with Crippen molar-refractivity contribution in [1.82, 2.24) is 4.98 Å². The van der Waals surface area contributed by atoms with Crippen LogP contribution in [0.1, 0.15) is 43.5 Å². The Morgan fingerprint density at radius 3 is 2.46 bits per heavy atom. The van der Waals surface area contributed by atoms with Gasteiger partial charge in [0.25, 0.3) is 5.91 Å². The maximum Gasteiger partial charge on any atom is 0.524 e. The van der Waals surface area contributed by atoms with Gasteiger partial charge < -0.3 is 14.4 Å². The lowest BCUT2D eigenvalue weighted by Crippen LogP contribution is -2.30. The molecule has 0 spiro atoms. The summed E-state index contributed by atoms with van der Waals surface area (Å²) in [5.41, 5.74) is 4.98. The number of halogens is 1. The maximum absolute atomic E-state index is 13.9. The first kappa shape index (κ1) is 27.2. The van der Waals surface area contributed by atoms with E-state index in [0.717, 1.165) is 27.6 Å². The van der Waals surface area contributed by atoms with Crippen molar-refractivity contribution in [2.75, 3.05) is 17.3 Å². The van der Waals surface area contributed by atoms with Crippen molar-refractivity contribution >= 4 is 58.5 Å². The molecule has 5 aromatic rings. The number of Topliss-reactive ketones (excluding diaryl/α,β-unsaturated/α-hetero) is 1. The highest BCUT2D eigenvalue weighted by molar-refractivity contribution is 7.46. The van der Waals surface area contributed by atoms with E-state index >= 15 is 0 Å². The molecule has 0 aliphatic carbocycles. The molecule has 1 aliphatic heterocycles. The van der Waals surface area contributed by atoms with Crippen molar-refractivity contribution in [3.8, 4) is 5.75 Å². The van der Waals surface area contributed by atoms with Gasteiger partial charge in [0, 0.05) is 52.7 Å². The van der Waals surface area contributed by atoms with Gasteiger partial charge in [0.15, 0.2) is 5.78 Å². The number of hydrogen-bond acceptors (Lipinski definition) is 4. The van der Waals surface area contributed by atoms with E-state index in [1.165, 1.54) is 6.07 Å². The van der Waals surface area contributed by atoms with Crippen molar-refractivity contribution in [3.63, 3.8) is 0 Å². The fraction of sp³-hybridized carbons (Fsp3) is 0.161. The third-order valence-corrected chi connectivity index (χ3v) is 8.24. The number of aryl methyl sites for hydroxylation is 1. The summed E-state index contributed by atoms with van der Waals surface area (Å²) in [6.07, 6.45) is 0.236. The molecule has 0 saturated heterocycles. The van der Waals surface area contributed by atoms with E-state index in [1.54, 1.807) is 23.1 Å². The van der Waals surface area contributed by atoms with Crippen LogP contribution in [0.15, 0.2) is 78.9 Å². The van der Waals surface area contributed by atoms with Crippen molar-refractivity contribution in [3.05, 3.63) is 107 Å². The molecule has 3 N–H and O–H groups in total. The fourth-order valence-electron chi connectivity index (χ4n) is 5.51. The SMILES string of the molecule is Cc1ccc(C(=O)Cc2ccc3[nH]c(C(=O)N4C[C@@H](CCl)c5c4cc(OP(=O)(O)O)c4ccccc54)cc3c2)cc1. The predicted molar refractivity (Wildman–Crippen MR) is 159 cm³/mol. The lowest BCUT2D eigenvalue weighted by Gasteiger charge is -2.19. The zero-order valence-electron chi connectivity index (χ0n) is 22.0. The Bertz CT molecular complexity index is 1880. The smallest absolute Gasteiger partial charge is 0.404 e. The normalized spacial score (nSPS) is 14.9. The number of amides is 1. The van der Waals surface area contributed by atoms with Crippen LogP contribution in [0.25, 0.3) is 21.7 Å². The number of nitrogens with one attached hydrogen (secondary N) is 1. The number of fused-ring (bicyclic) bond motifs is 4. The second-order valence-electron chi connectivity index (χ2n) is 10.3. The average molecular weight is 589 g/mol. The van der Waals surface area contributed by atoms with Gasteiger partial charge in [-0.25, -0.2) is 4.57 Å². The highest BCUT2D eigenvalue weighted by atomic mass is 35.5. The second-order valence-corrected chi connectivity index (χ2v) is 11.7. The largest absolute Gasteiger partial charge is 0.524 e. The zero-order valence-corrected chi connectivity index (χ0v) is 23.7. The first-order valence-electron chi connectivity index (χ1n) is 13.0. The van der Waals surface area contributed by atoms with E-state index in [1.807, 2.05) is 61.5 Å². The Balaban J connectivity index is 1.34. The summed E-state index contributed by atoms with van der Waals surface area (Å²) >= 11 is 6.34. The van der Waals surface area contributed by atoms with Gasteiger partial charge in [0.1, 0.15) is 11.4 Å². The molecule has 1 aromatic heterocycles. The van der Waals surface area contributed by atoms with Gasteiger partial charge in [-0.2, -0.15) is 0 Å². The van der Waals surface area contributed by atoms with Crippen LogP contribution in [-0.4, -0.2) is 38.9 Å². The molecule has 0 bridgehead atoms. The van der Waals surface area contributed by atoms with Crippen LogP contribution in [0.5, 0.6) is 5.75 Å². The Morgan fingerprint density at radius 1 is 1.02 bits per heavy atom. The third kappa shape index (κ3) is 5.27. The summed E-state index contributed by atoms with van der Waals surface area (Å²) in [4.78, 5) is 50.4. The van der Waals surface area contributed by atoms with E-state index < -0.39 is 7.82 Å². The molecule has 10 heteroatoms. The quantitative estimate of drug-likeness (QED) is 0.113. The number of rotatable bonds is 7. The summed E-state index contributed by atoms with van der Waals surface area (Å²) in [5.74, 6) is -0.249. The molecule has 1 aliphatic rings. The van der Waals surface area contributed by atoms with Crippen molar-refractivity contribution in [2.45, 2.75) is 19.3 Å². The highest BCUT2D eigenvalue weighted by Gasteiger charge is 2.36. The minimum Gasteiger partial charge on any atom is -0.404 e. The fourth-order valence-corrected chi connectivity index (χ4v) is 6.17. The average Bonchev–Trinajstić information content (AvgIpc) is 3.53. The Kier molecular flexibility index (Phi) is 6.96. The highest BCUT2D eigenvalue weighted by Crippen LogP contribution is 2.49. The van der Waals surface area contributed by atoms with Crippen LogP contribution in [0.4, 0.5) is 5.69 Å². The molecule has 41 heavy (non-hydrogen) atoms. The molecule has 0 saturated carbocycles. The lowest BCUT2D eigenvalue weighted by atomic mass is 9.95. The first-order valence-corrected chi connectivity index (χ1v) is 15.1. The monoisotopic (exact) mass is 588 g/mol. The lowest BCUT2D eigenvalue weighted by molar-refractivity contribution is 0.0979. The van der Waals surface area contributed by atoms with Crippen LogP contribution in [0.2, 0.25) is 0 Å². The standard InChI is InChI=1S/C31H26ClN2O6P/c1-18-6-9-20(10-7-18)28(35)13-19-8-11-25-21(12-19)14-26(33-25)31(36)34-17-22(16-32)30-24-5-3-2-4-23(24)29(15-27(30)34)40-41(37,38)39/h2-12,14-15,22,33H,13,16-17H2,1H3,(H2,37,38,39)/t22-/m1/s1. The molecule has 1 atom stereocenters. The molecule has 1 amide bonds. The second kappa shape index (κ2) is 10.5. The Morgan fingerprint density at radius 2 is 1.76 bits per heavy atom. The Hall–Kier alpha value is -3.94. The molecule has 4 aromatic carbocycles. The van der Waals surface area contributed by atoms with Crippen LogP contribution in [0, 0.1) is 6.92 Å². The molecule has 0 radical (unpaired) electrons. The van der Waals surface area contributed by atoms with Gasteiger partial charge >= 0.3 is 7.82 Å². The van der Waals surface area contributed by atoms with Crippen molar-refractivity contribution in [1.29, 1.82) is 0 Å². The number of alkyl halides is 1. The van der Waals surface area contributed by atoms with Gasteiger partial charge in [0.05, 0.1) is 5.69 Å². The van der Waals surface area contributed by atoms with Gasteiger partial charge in [-0.15, -0.1) is 11.6 Å². The Labute approximate surface area is 240 Å². The van der Waals surface area contributed by atoms with Crippen LogP contribution in [0.3, 0.4) is 0 Å².